The Hall–Kier alpha value is -0.560. The summed E-state index contributed by atoms with van der Waals surface area (Å²) in [6, 6.07) is 3.45. The van der Waals surface area contributed by atoms with Gasteiger partial charge in [0, 0.05) is 24.1 Å². The molecule has 0 amide bonds. The topological polar surface area (TPSA) is 57.6 Å². The van der Waals surface area contributed by atoms with Crippen LogP contribution < -0.4 is 0 Å². The molecule has 1 aliphatic rings. The second-order valence-corrected chi connectivity index (χ2v) is 8.24. The quantitative estimate of drug-likeness (QED) is 0.926. The normalized spacial score (nSPS) is 21.1. The van der Waals surface area contributed by atoms with E-state index in [4.69, 9.17) is 0 Å². The van der Waals surface area contributed by atoms with Crippen molar-refractivity contribution in [3.63, 3.8) is 0 Å². The zero-order chi connectivity index (χ0) is 14.9. The van der Waals surface area contributed by atoms with Gasteiger partial charge in [0.1, 0.15) is 0 Å². The molecule has 0 aliphatic carbocycles. The number of aliphatic hydroxyl groups excluding tert-OH is 1. The van der Waals surface area contributed by atoms with Gasteiger partial charge in [-0.1, -0.05) is 6.07 Å². The van der Waals surface area contributed by atoms with Gasteiger partial charge >= 0.3 is 0 Å². The Kier molecular flexibility index (Phi) is 4.79. The molecule has 1 N–H and O–H groups in total. The highest BCUT2D eigenvalue weighted by Gasteiger charge is 2.32. The summed E-state index contributed by atoms with van der Waals surface area (Å²) < 4.78 is 27.3. The molecular formula is C14H21NO3S2. The maximum atomic E-state index is 12.9. The van der Waals surface area contributed by atoms with Gasteiger partial charge in [-0.25, -0.2) is 8.42 Å². The van der Waals surface area contributed by atoms with Crippen molar-refractivity contribution in [2.24, 2.45) is 0 Å². The van der Waals surface area contributed by atoms with E-state index in [2.05, 4.69) is 0 Å². The van der Waals surface area contributed by atoms with Crippen LogP contribution in [0.1, 0.15) is 23.6 Å². The van der Waals surface area contributed by atoms with E-state index in [1.54, 1.807) is 22.1 Å². The highest BCUT2D eigenvalue weighted by molar-refractivity contribution is 7.99. The molecule has 20 heavy (non-hydrogen) atoms. The van der Waals surface area contributed by atoms with Crippen molar-refractivity contribution >= 4 is 21.8 Å². The van der Waals surface area contributed by atoms with Crippen molar-refractivity contribution in [2.45, 2.75) is 38.3 Å². The minimum atomic E-state index is -3.49. The van der Waals surface area contributed by atoms with Crippen LogP contribution in [-0.2, 0) is 16.6 Å². The highest BCUT2D eigenvalue weighted by atomic mass is 32.2. The van der Waals surface area contributed by atoms with E-state index in [0.717, 1.165) is 22.6 Å². The molecule has 0 aromatic heterocycles. The van der Waals surface area contributed by atoms with Crippen LogP contribution in [0.2, 0.25) is 0 Å². The smallest absolute Gasteiger partial charge is 0.243 e. The van der Waals surface area contributed by atoms with E-state index >= 15 is 0 Å². The third kappa shape index (κ3) is 2.88. The summed E-state index contributed by atoms with van der Waals surface area (Å²) >= 11 is 1.79. The lowest BCUT2D eigenvalue weighted by molar-refractivity contribution is 0.281. The standard InChI is InChI=1S/C14H21NO3S2/c1-10-6-13(8-16)7-14(12(10)3)20(17,18)15-4-5-19-9-11(15)2/h6-7,11,16H,4-5,8-9H2,1-3H3. The Balaban J connectivity index is 2.51. The summed E-state index contributed by atoms with van der Waals surface area (Å²) in [6.45, 7) is 6.06. The lowest BCUT2D eigenvalue weighted by atomic mass is 10.1. The third-order valence-corrected chi connectivity index (χ3v) is 7.08. The molecule has 1 heterocycles. The molecule has 0 spiro atoms. The van der Waals surface area contributed by atoms with E-state index in [9.17, 15) is 13.5 Å². The van der Waals surface area contributed by atoms with Gasteiger partial charge in [-0.05, 0) is 43.5 Å². The van der Waals surface area contributed by atoms with Crippen LogP contribution in [0.25, 0.3) is 0 Å². The molecule has 6 heteroatoms. The molecule has 1 aromatic carbocycles. The zero-order valence-electron chi connectivity index (χ0n) is 12.1. The van der Waals surface area contributed by atoms with Gasteiger partial charge < -0.3 is 5.11 Å². The van der Waals surface area contributed by atoms with Crippen molar-refractivity contribution in [3.05, 3.63) is 28.8 Å². The number of aryl methyl sites for hydroxylation is 1. The van der Waals surface area contributed by atoms with Crippen molar-refractivity contribution in [1.29, 1.82) is 0 Å². The predicted molar refractivity (Wildman–Crippen MR) is 82.5 cm³/mol. The number of benzene rings is 1. The zero-order valence-corrected chi connectivity index (χ0v) is 13.7. The Morgan fingerprint density at radius 3 is 2.70 bits per heavy atom. The molecule has 1 aromatic rings. The molecule has 1 unspecified atom stereocenters. The first-order valence-corrected chi connectivity index (χ1v) is 9.28. The maximum absolute atomic E-state index is 12.9. The molecule has 112 valence electrons. The summed E-state index contributed by atoms with van der Waals surface area (Å²) in [5.41, 5.74) is 2.31. The molecule has 0 saturated carbocycles. The average molecular weight is 315 g/mol. The van der Waals surface area contributed by atoms with Crippen LogP contribution in [0.4, 0.5) is 0 Å². The van der Waals surface area contributed by atoms with E-state index in [1.165, 1.54) is 0 Å². The largest absolute Gasteiger partial charge is 0.392 e. The number of aliphatic hydroxyl groups is 1. The van der Waals surface area contributed by atoms with Gasteiger partial charge in [-0.3, -0.25) is 0 Å². The second kappa shape index (κ2) is 6.05. The molecule has 1 fully saturated rings. The molecule has 1 saturated heterocycles. The molecular weight excluding hydrogens is 294 g/mol. The van der Waals surface area contributed by atoms with E-state index in [-0.39, 0.29) is 12.6 Å². The third-order valence-electron chi connectivity index (χ3n) is 3.76. The van der Waals surface area contributed by atoms with Crippen molar-refractivity contribution < 1.29 is 13.5 Å². The molecule has 2 rings (SSSR count). The van der Waals surface area contributed by atoms with E-state index in [0.29, 0.717) is 17.0 Å². The molecule has 0 radical (unpaired) electrons. The van der Waals surface area contributed by atoms with Crippen LogP contribution >= 0.6 is 11.8 Å². The van der Waals surface area contributed by atoms with Gasteiger partial charge in [-0.15, -0.1) is 0 Å². The van der Waals surface area contributed by atoms with Crippen LogP contribution in [0.5, 0.6) is 0 Å². The van der Waals surface area contributed by atoms with Crippen LogP contribution in [0, 0.1) is 13.8 Å². The fraction of sp³-hybridized carbons (Fsp3) is 0.571. The van der Waals surface area contributed by atoms with Crippen LogP contribution in [0.15, 0.2) is 17.0 Å². The summed E-state index contributed by atoms with van der Waals surface area (Å²) in [5.74, 6) is 1.66. The number of hydrogen-bond donors (Lipinski definition) is 1. The number of thioether (sulfide) groups is 1. The van der Waals surface area contributed by atoms with Gasteiger partial charge in [0.05, 0.1) is 11.5 Å². The number of rotatable bonds is 3. The Bertz CT molecular complexity index is 599. The average Bonchev–Trinajstić information content (AvgIpc) is 2.41. The fourth-order valence-electron chi connectivity index (χ4n) is 2.45. The lowest BCUT2D eigenvalue weighted by Crippen LogP contribution is -2.44. The Labute approximate surface area is 125 Å². The SMILES string of the molecule is Cc1cc(CO)cc(S(=O)(=O)N2CCSCC2C)c1C. The Morgan fingerprint density at radius 2 is 2.10 bits per heavy atom. The lowest BCUT2D eigenvalue weighted by Gasteiger charge is -2.32. The molecule has 1 atom stereocenters. The monoisotopic (exact) mass is 315 g/mol. The summed E-state index contributed by atoms with van der Waals surface area (Å²) in [5, 5.41) is 9.29. The van der Waals surface area contributed by atoms with Crippen molar-refractivity contribution in [3.8, 4) is 0 Å². The van der Waals surface area contributed by atoms with Crippen LogP contribution in [-0.4, -0.2) is 41.9 Å². The first kappa shape index (κ1) is 15.8. The van der Waals surface area contributed by atoms with Gasteiger partial charge in [-0.2, -0.15) is 16.1 Å². The summed E-state index contributed by atoms with van der Waals surface area (Å²) in [4.78, 5) is 0.334. The minimum absolute atomic E-state index is 0.0104. The van der Waals surface area contributed by atoms with Gasteiger partial charge in [0.25, 0.3) is 0 Å². The van der Waals surface area contributed by atoms with Gasteiger partial charge in [0.2, 0.25) is 10.0 Å². The summed E-state index contributed by atoms with van der Waals surface area (Å²) in [7, 11) is -3.49. The van der Waals surface area contributed by atoms with Crippen molar-refractivity contribution in [2.75, 3.05) is 18.1 Å². The van der Waals surface area contributed by atoms with Gasteiger partial charge in [0.15, 0.2) is 0 Å². The molecule has 4 nitrogen and oxygen atoms in total. The predicted octanol–water partition coefficient (Wildman–Crippen LogP) is 1.92. The van der Waals surface area contributed by atoms with E-state index < -0.39 is 10.0 Å². The number of sulfonamides is 1. The fourth-order valence-corrected chi connectivity index (χ4v) is 5.66. The number of nitrogens with zero attached hydrogens (tertiary/aromatic N) is 1. The first-order valence-electron chi connectivity index (χ1n) is 6.68. The van der Waals surface area contributed by atoms with Crippen molar-refractivity contribution in [1.82, 2.24) is 4.31 Å². The summed E-state index contributed by atoms with van der Waals surface area (Å²) in [6.07, 6.45) is 0. The minimum Gasteiger partial charge on any atom is -0.392 e. The highest BCUT2D eigenvalue weighted by Crippen LogP contribution is 2.28. The van der Waals surface area contributed by atoms with Crippen LogP contribution in [0.3, 0.4) is 0 Å². The Morgan fingerprint density at radius 1 is 1.40 bits per heavy atom. The first-order chi connectivity index (χ1) is 9.37. The molecule has 1 aliphatic heterocycles. The van der Waals surface area contributed by atoms with E-state index in [1.807, 2.05) is 26.8 Å². The second-order valence-electron chi connectivity index (χ2n) is 5.23. The number of hydrogen-bond acceptors (Lipinski definition) is 4. The molecule has 0 bridgehead atoms. The maximum Gasteiger partial charge on any atom is 0.243 e.